The van der Waals surface area contributed by atoms with Gasteiger partial charge in [0.1, 0.15) is 0 Å². The Balaban J connectivity index is 2.42. The van der Waals surface area contributed by atoms with Gasteiger partial charge < -0.3 is 14.7 Å². The van der Waals surface area contributed by atoms with E-state index < -0.39 is 6.09 Å². The molecule has 4 nitrogen and oxygen atoms in total. The predicted molar refractivity (Wildman–Crippen MR) is 97.1 cm³/mol. The van der Waals surface area contributed by atoms with Crippen LogP contribution in [0.3, 0.4) is 0 Å². The van der Waals surface area contributed by atoms with Crippen LogP contribution in [0.15, 0.2) is 30.9 Å². The number of benzene rings is 1. The zero-order chi connectivity index (χ0) is 18.1. The molecule has 24 heavy (non-hydrogen) atoms. The van der Waals surface area contributed by atoms with Gasteiger partial charge in [-0.3, -0.25) is 0 Å². The fourth-order valence-corrected chi connectivity index (χ4v) is 3.14. The van der Waals surface area contributed by atoms with Crippen LogP contribution in [0, 0.1) is 5.41 Å². The normalized spacial score (nSPS) is 25.2. The number of nitrogens with zero attached hydrogens (tertiary/aromatic N) is 1. The average Bonchev–Trinajstić information content (AvgIpc) is 2.69. The first-order valence-corrected chi connectivity index (χ1v) is 8.60. The minimum absolute atomic E-state index is 0.193. The highest BCUT2D eigenvalue weighted by Crippen LogP contribution is 2.35. The van der Waals surface area contributed by atoms with Crippen molar-refractivity contribution >= 4 is 29.3 Å². The summed E-state index contributed by atoms with van der Waals surface area (Å²) in [5, 5.41) is 10.5. The monoisotopic (exact) mass is 371 g/mol. The molecule has 2 rings (SSSR count). The summed E-state index contributed by atoms with van der Waals surface area (Å²) in [5.41, 5.74) is 0.691. The maximum atomic E-state index is 11.7. The molecule has 132 valence electrons. The minimum atomic E-state index is -0.956. The molecule has 3 atom stereocenters. The van der Waals surface area contributed by atoms with Gasteiger partial charge in [-0.25, -0.2) is 4.79 Å². The standard InChI is InChI=1S/C18H23Cl2NO3/c1-5-15-12(11-6-7-13(19)14(20)8-11)9-21(17(22)23)10-16(24-15)18(2,3)4/h5-8,12,15-16H,1,9-10H2,2-4H3,(H,22,23). The molecule has 1 heterocycles. The highest BCUT2D eigenvalue weighted by molar-refractivity contribution is 6.42. The van der Waals surface area contributed by atoms with Crippen molar-refractivity contribution in [3.63, 3.8) is 0 Å². The van der Waals surface area contributed by atoms with Crippen LogP contribution in [-0.4, -0.2) is 41.4 Å². The van der Waals surface area contributed by atoms with E-state index in [0.29, 0.717) is 23.1 Å². The van der Waals surface area contributed by atoms with Gasteiger partial charge in [-0.15, -0.1) is 6.58 Å². The summed E-state index contributed by atoms with van der Waals surface area (Å²) >= 11 is 12.1. The molecule has 6 heteroatoms. The Kier molecular flexibility index (Phi) is 5.84. The first-order chi connectivity index (χ1) is 11.1. The highest BCUT2D eigenvalue weighted by Gasteiger charge is 2.38. The molecule has 1 N–H and O–H groups in total. The number of rotatable bonds is 2. The number of hydrogen-bond donors (Lipinski definition) is 1. The van der Waals surface area contributed by atoms with E-state index in [9.17, 15) is 9.90 Å². The van der Waals surface area contributed by atoms with Crippen LogP contribution in [0.25, 0.3) is 0 Å². The number of carboxylic acid groups (broad SMARTS) is 1. The van der Waals surface area contributed by atoms with Crippen molar-refractivity contribution in [2.75, 3.05) is 13.1 Å². The van der Waals surface area contributed by atoms with E-state index in [4.69, 9.17) is 27.9 Å². The number of hydrogen-bond acceptors (Lipinski definition) is 2. The van der Waals surface area contributed by atoms with Crippen LogP contribution in [0.4, 0.5) is 4.79 Å². The largest absolute Gasteiger partial charge is 0.465 e. The Morgan fingerprint density at radius 3 is 2.50 bits per heavy atom. The molecule has 0 radical (unpaired) electrons. The molecule has 1 aliphatic heterocycles. The lowest BCUT2D eigenvalue weighted by Gasteiger charge is -2.33. The van der Waals surface area contributed by atoms with Crippen molar-refractivity contribution in [3.8, 4) is 0 Å². The van der Waals surface area contributed by atoms with E-state index in [1.807, 2.05) is 26.8 Å². The minimum Gasteiger partial charge on any atom is -0.465 e. The van der Waals surface area contributed by atoms with Crippen LogP contribution in [0.2, 0.25) is 10.0 Å². The van der Waals surface area contributed by atoms with Gasteiger partial charge in [-0.1, -0.05) is 56.1 Å². The average molecular weight is 372 g/mol. The Morgan fingerprint density at radius 1 is 1.33 bits per heavy atom. The van der Waals surface area contributed by atoms with Gasteiger partial charge in [0.05, 0.1) is 28.8 Å². The number of halogens is 2. The van der Waals surface area contributed by atoms with Crippen molar-refractivity contribution in [2.45, 2.75) is 38.9 Å². The molecule has 0 aliphatic carbocycles. The fraction of sp³-hybridized carbons (Fsp3) is 0.500. The maximum Gasteiger partial charge on any atom is 0.407 e. The van der Waals surface area contributed by atoms with Crippen molar-refractivity contribution in [1.29, 1.82) is 0 Å². The Morgan fingerprint density at radius 2 is 2.00 bits per heavy atom. The summed E-state index contributed by atoms with van der Waals surface area (Å²) in [7, 11) is 0. The van der Waals surface area contributed by atoms with E-state index in [1.165, 1.54) is 4.90 Å². The molecule has 1 aromatic carbocycles. The lowest BCUT2D eigenvalue weighted by molar-refractivity contribution is -0.0473. The quantitative estimate of drug-likeness (QED) is 0.739. The van der Waals surface area contributed by atoms with Gasteiger partial charge in [0, 0.05) is 12.5 Å². The second-order valence-electron chi connectivity index (χ2n) is 7.16. The van der Waals surface area contributed by atoms with Gasteiger partial charge in [0.15, 0.2) is 0 Å². The van der Waals surface area contributed by atoms with E-state index >= 15 is 0 Å². The summed E-state index contributed by atoms with van der Waals surface area (Å²) in [6.07, 6.45) is 0.236. The van der Waals surface area contributed by atoms with Crippen LogP contribution < -0.4 is 0 Å². The molecule has 1 amide bonds. The summed E-state index contributed by atoms with van der Waals surface area (Å²) in [4.78, 5) is 13.1. The van der Waals surface area contributed by atoms with E-state index in [2.05, 4.69) is 6.58 Å². The van der Waals surface area contributed by atoms with Gasteiger partial charge in [0.25, 0.3) is 0 Å². The first kappa shape index (κ1) is 19.1. The Labute approximate surface area is 153 Å². The molecular formula is C18H23Cl2NO3. The topological polar surface area (TPSA) is 49.8 Å². The van der Waals surface area contributed by atoms with Crippen LogP contribution in [0.5, 0.6) is 0 Å². The summed E-state index contributed by atoms with van der Waals surface area (Å²) in [6, 6.07) is 5.35. The third-order valence-electron chi connectivity index (χ3n) is 4.36. The van der Waals surface area contributed by atoms with Crippen molar-refractivity contribution in [2.24, 2.45) is 5.41 Å². The summed E-state index contributed by atoms with van der Waals surface area (Å²) in [5.74, 6) is -0.194. The summed E-state index contributed by atoms with van der Waals surface area (Å²) < 4.78 is 6.24. The third-order valence-corrected chi connectivity index (χ3v) is 5.10. The number of amides is 1. The molecule has 0 saturated carbocycles. The van der Waals surface area contributed by atoms with Crippen molar-refractivity contribution in [3.05, 3.63) is 46.5 Å². The van der Waals surface area contributed by atoms with E-state index in [0.717, 1.165) is 5.56 Å². The smallest absolute Gasteiger partial charge is 0.407 e. The van der Waals surface area contributed by atoms with Crippen LogP contribution in [-0.2, 0) is 4.74 Å². The van der Waals surface area contributed by atoms with E-state index in [-0.39, 0.29) is 23.5 Å². The van der Waals surface area contributed by atoms with Gasteiger partial charge in [-0.2, -0.15) is 0 Å². The molecule has 1 saturated heterocycles. The third kappa shape index (κ3) is 4.24. The zero-order valence-electron chi connectivity index (χ0n) is 14.1. The lowest BCUT2D eigenvalue weighted by Crippen LogP contribution is -2.42. The van der Waals surface area contributed by atoms with Gasteiger partial charge in [0.2, 0.25) is 0 Å². The Bertz CT molecular complexity index is 627. The fourth-order valence-electron chi connectivity index (χ4n) is 2.84. The predicted octanol–water partition coefficient (Wildman–Crippen LogP) is 5.06. The summed E-state index contributed by atoms with van der Waals surface area (Å²) in [6.45, 7) is 10.6. The van der Waals surface area contributed by atoms with Gasteiger partial charge >= 0.3 is 6.09 Å². The first-order valence-electron chi connectivity index (χ1n) is 7.84. The Hall–Kier alpha value is -1.23. The van der Waals surface area contributed by atoms with Crippen molar-refractivity contribution in [1.82, 2.24) is 4.90 Å². The van der Waals surface area contributed by atoms with E-state index in [1.54, 1.807) is 18.2 Å². The second-order valence-corrected chi connectivity index (χ2v) is 7.97. The second kappa shape index (κ2) is 7.34. The van der Waals surface area contributed by atoms with Crippen molar-refractivity contribution < 1.29 is 14.6 Å². The molecule has 3 unspecified atom stereocenters. The molecule has 0 spiro atoms. The molecule has 1 aromatic rings. The molecule has 0 aromatic heterocycles. The molecule has 1 fully saturated rings. The van der Waals surface area contributed by atoms with Crippen LogP contribution in [0.1, 0.15) is 32.3 Å². The van der Waals surface area contributed by atoms with Gasteiger partial charge in [-0.05, 0) is 23.1 Å². The highest BCUT2D eigenvalue weighted by atomic mass is 35.5. The molecule has 1 aliphatic rings. The number of carbonyl (C=O) groups is 1. The zero-order valence-corrected chi connectivity index (χ0v) is 15.6. The maximum absolute atomic E-state index is 11.7. The van der Waals surface area contributed by atoms with Crippen LogP contribution >= 0.6 is 23.2 Å². The number of ether oxygens (including phenoxy) is 1. The lowest BCUT2D eigenvalue weighted by atomic mass is 9.88. The SMILES string of the molecule is C=CC1OC(C(C)(C)C)CN(C(=O)O)CC1c1ccc(Cl)c(Cl)c1. The molecular weight excluding hydrogens is 349 g/mol. The molecule has 0 bridgehead atoms.